The minimum Gasteiger partial charge on any atom is -0.487 e. The lowest BCUT2D eigenvalue weighted by Gasteiger charge is -2.08. The van der Waals surface area contributed by atoms with Crippen LogP contribution < -0.4 is 10.5 Å². The van der Waals surface area contributed by atoms with E-state index < -0.39 is 0 Å². The minimum absolute atomic E-state index is 0.239. The van der Waals surface area contributed by atoms with Crippen LogP contribution in [0.15, 0.2) is 94.5 Å². The van der Waals surface area contributed by atoms with Gasteiger partial charge in [-0.3, -0.25) is 4.79 Å². The zero-order chi connectivity index (χ0) is 27.3. The van der Waals surface area contributed by atoms with E-state index in [1.165, 1.54) is 0 Å². The molecular formula is C32H35N3O4. The van der Waals surface area contributed by atoms with Gasteiger partial charge in [0.15, 0.2) is 0 Å². The highest BCUT2D eigenvalue weighted by Gasteiger charge is 2.12. The van der Waals surface area contributed by atoms with Crippen LogP contribution in [0, 0.1) is 6.92 Å². The zero-order valence-electron chi connectivity index (χ0n) is 22.3. The van der Waals surface area contributed by atoms with Crippen molar-refractivity contribution in [3.63, 3.8) is 0 Å². The fourth-order valence-electron chi connectivity index (χ4n) is 4.10. The number of amides is 1. The molecule has 0 radical (unpaired) electrons. The van der Waals surface area contributed by atoms with Crippen molar-refractivity contribution in [2.75, 3.05) is 0 Å². The summed E-state index contributed by atoms with van der Waals surface area (Å²) in [6, 6.07) is 27.7. The molecule has 0 unspecified atom stereocenters. The summed E-state index contributed by atoms with van der Waals surface area (Å²) in [7, 11) is 0. The van der Waals surface area contributed by atoms with Crippen LogP contribution in [-0.2, 0) is 22.8 Å². The summed E-state index contributed by atoms with van der Waals surface area (Å²) < 4.78 is 11.8. The Balaban J connectivity index is 1.27. The van der Waals surface area contributed by atoms with Crippen molar-refractivity contribution in [3.05, 3.63) is 108 Å². The van der Waals surface area contributed by atoms with Crippen LogP contribution in [0.1, 0.15) is 61.1 Å². The van der Waals surface area contributed by atoms with E-state index in [0.29, 0.717) is 25.5 Å². The van der Waals surface area contributed by atoms with E-state index in [1.807, 2.05) is 91.9 Å². The highest BCUT2D eigenvalue weighted by Crippen LogP contribution is 2.23. The lowest BCUT2D eigenvalue weighted by molar-refractivity contribution is -0.118. The number of aryl methyl sites for hydroxylation is 1. The van der Waals surface area contributed by atoms with Crippen molar-refractivity contribution in [1.29, 1.82) is 0 Å². The number of nitrogens with zero attached hydrogens (tertiary/aromatic N) is 2. The van der Waals surface area contributed by atoms with Crippen LogP contribution in [-0.4, -0.2) is 16.6 Å². The monoisotopic (exact) mass is 525 g/mol. The summed E-state index contributed by atoms with van der Waals surface area (Å²) >= 11 is 0. The number of hydrogen-bond donors (Lipinski definition) is 1. The average molecular weight is 526 g/mol. The number of rotatable bonds is 15. The third-order valence-electron chi connectivity index (χ3n) is 6.31. The lowest BCUT2D eigenvalue weighted by Crippen LogP contribution is -2.09. The first kappa shape index (κ1) is 27.6. The van der Waals surface area contributed by atoms with E-state index in [-0.39, 0.29) is 5.91 Å². The van der Waals surface area contributed by atoms with Gasteiger partial charge in [-0.05, 0) is 61.6 Å². The number of benzene rings is 3. The van der Waals surface area contributed by atoms with E-state index >= 15 is 0 Å². The largest absolute Gasteiger partial charge is 0.487 e. The summed E-state index contributed by atoms with van der Waals surface area (Å²) in [5.41, 5.74) is 9.90. The van der Waals surface area contributed by atoms with Crippen molar-refractivity contribution >= 4 is 11.6 Å². The van der Waals surface area contributed by atoms with Gasteiger partial charge in [-0.15, -0.1) is 0 Å². The van der Waals surface area contributed by atoms with E-state index in [4.69, 9.17) is 19.7 Å². The van der Waals surface area contributed by atoms with Crippen molar-refractivity contribution in [2.45, 2.75) is 58.7 Å². The van der Waals surface area contributed by atoms with Gasteiger partial charge in [0.25, 0.3) is 0 Å². The van der Waals surface area contributed by atoms with Gasteiger partial charge in [0.2, 0.25) is 11.8 Å². The highest BCUT2D eigenvalue weighted by atomic mass is 16.6. The molecular weight excluding hydrogens is 490 g/mol. The summed E-state index contributed by atoms with van der Waals surface area (Å²) in [6.07, 6.45) is 5.05. The predicted molar refractivity (Wildman–Crippen MR) is 152 cm³/mol. The zero-order valence-corrected chi connectivity index (χ0v) is 22.3. The van der Waals surface area contributed by atoms with Crippen LogP contribution in [0.4, 0.5) is 0 Å². The van der Waals surface area contributed by atoms with Crippen LogP contribution in [0.25, 0.3) is 11.5 Å². The smallest absolute Gasteiger partial charge is 0.226 e. The second-order valence-electron chi connectivity index (χ2n) is 9.38. The van der Waals surface area contributed by atoms with Gasteiger partial charge < -0.3 is 19.7 Å². The Bertz CT molecular complexity index is 1330. The number of aromatic nitrogens is 1. The van der Waals surface area contributed by atoms with Crippen LogP contribution in [0.2, 0.25) is 0 Å². The molecule has 0 saturated carbocycles. The molecule has 7 nitrogen and oxygen atoms in total. The number of nitrogens with two attached hydrogens (primary N) is 1. The quantitative estimate of drug-likeness (QED) is 0.103. The molecule has 0 bridgehead atoms. The van der Waals surface area contributed by atoms with Crippen molar-refractivity contribution in [1.82, 2.24) is 4.98 Å². The fourth-order valence-corrected chi connectivity index (χ4v) is 4.10. The van der Waals surface area contributed by atoms with Gasteiger partial charge in [0.1, 0.15) is 30.4 Å². The SMILES string of the molecule is Cc1oc(-c2ccccc2)nc1COc1ccc(CO/N=C(/CCCCCCC(N)=O)c2ccccc2)cc1. The maximum Gasteiger partial charge on any atom is 0.226 e. The second kappa shape index (κ2) is 14.5. The Hall–Kier alpha value is -4.39. The van der Waals surface area contributed by atoms with Gasteiger partial charge in [0.05, 0.1) is 5.71 Å². The number of unbranched alkanes of at least 4 members (excludes halogenated alkanes) is 3. The summed E-state index contributed by atoms with van der Waals surface area (Å²) in [5, 5.41) is 4.46. The van der Waals surface area contributed by atoms with Crippen LogP contribution in [0.3, 0.4) is 0 Å². The van der Waals surface area contributed by atoms with Gasteiger partial charge in [-0.1, -0.05) is 78.7 Å². The Morgan fingerprint density at radius 2 is 1.51 bits per heavy atom. The van der Waals surface area contributed by atoms with E-state index in [9.17, 15) is 4.79 Å². The number of primary amides is 1. The summed E-state index contributed by atoms with van der Waals surface area (Å²) in [4.78, 5) is 21.2. The number of oxime groups is 1. The predicted octanol–water partition coefficient (Wildman–Crippen LogP) is 6.98. The maximum absolute atomic E-state index is 10.9. The molecule has 0 aliphatic heterocycles. The Labute approximate surface area is 229 Å². The normalized spacial score (nSPS) is 11.4. The molecule has 1 heterocycles. The Morgan fingerprint density at radius 3 is 2.21 bits per heavy atom. The van der Waals surface area contributed by atoms with Gasteiger partial charge in [-0.25, -0.2) is 4.98 Å². The van der Waals surface area contributed by atoms with Crippen molar-refractivity contribution in [3.8, 4) is 17.2 Å². The van der Waals surface area contributed by atoms with Crippen molar-refractivity contribution in [2.24, 2.45) is 10.9 Å². The number of carbonyl (C=O) groups is 1. The minimum atomic E-state index is -0.239. The van der Waals surface area contributed by atoms with E-state index in [0.717, 1.165) is 71.7 Å². The van der Waals surface area contributed by atoms with E-state index in [1.54, 1.807) is 0 Å². The Kier molecular flexibility index (Phi) is 10.3. The number of hydrogen-bond acceptors (Lipinski definition) is 6. The summed E-state index contributed by atoms with van der Waals surface area (Å²) in [5.74, 6) is 1.85. The molecule has 202 valence electrons. The number of ether oxygens (including phenoxy) is 1. The molecule has 0 aliphatic carbocycles. The third-order valence-corrected chi connectivity index (χ3v) is 6.31. The molecule has 4 rings (SSSR count). The van der Waals surface area contributed by atoms with Gasteiger partial charge in [0, 0.05) is 12.0 Å². The molecule has 0 saturated heterocycles. The molecule has 2 N–H and O–H groups in total. The van der Waals surface area contributed by atoms with E-state index in [2.05, 4.69) is 10.1 Å². The standard InChI is InChI=1S/C32H35N3O4/c1-24-30(34-32(39-24)27-14-8-5-9-15-27)23-37-28-20-18-25(19-21-28)22-38-35-29(26-12-6-4-7-13-26)16-10-2-3-11-17-31(33)36/h4-9,12-15,18-21H,2-3,10-11,16-17,22-23H2,1H3,(H2,33,36)/b35-29-. The summed E-state index contributed by atoms with van der Waals surface area (Å²) in [6.45, 7) is 2.58. The first-order chi connectivity index (χ1) is 19.1. The molecule has 7 heteroatoms. The van der Waals surface area contributed by atoms with Crippen molar-refractivity contribution < 1.29 is 18.8 Å². The molecule has 3 aromatic carbocycles. The molecule has 0 fully saturated rings. The topological polar surface area (TPSA) is 99.9 Å². The molecule has 0 aliphatic rings. The first-order valence-corrected chi connectivity index (χ1v) is 13.3. The fraction of sp³-hybridized carbons (Fsp3) is 0.281. The maximum atomic E-state index is 10.9. The molecule has 1 aromatic heterocycles. The average Bonchev–Trinajstić information content (AvgIpc) is 3.34. The molecule has 39 heavy (non-hydrogen) atoms. The Morgan fingerprint density at radius 1 is 0.846 bits per heavy atom. The molecule has 0 spiro atoms. The number of carbonyl (C=O) groups excluding carboxylic acids is 1. The van der Waals surface area contributed by atoms with Crippen LogP contribution in [0.5, 0.6) is 5.75 Å². The first-order valence-electron chi connectivity index (χ1n) is 13.3. The second-order valence-corrected chi connectivity index (χ2v) is 9.38. The molecule has 4 aromatic rings. The molecule has 0 atom stereocenters. The van der Waals surface area contributed by atoms with Crippen LogP contribution >= 0.6 is 0 Å². The third kappa shape index (κ3) is 8.85. The molecule has 1 amide bonds. The lowest BCUT2D eigenvalue weighted by atomic mass is 10.0. The van der Waals surface area contributed by atoms with Gasteiger partial charge >= 0.3 is 0 Å². The highest BCUT2D eigenvalue weighted by molar-refractivity contribution is 6.00. The number of oxazole rings is 1. The van der Waals surface area contributed by atoms with Gasteiger partial charge in [-0.2, -0.15) is 0 Å².